The van der Waals surface area contributed by atoms with Gasteiger partial charge >= 0.3 is 12.3 Å². The summed E-state index contributed by atoms with van der Waals surface area (Å²) in [7, 11) is 0. The molecule has 20 heavy (non-hydrogen) atoms. The third-order valence-corrected chi connectivity index (χ3v) is 3.11. The minimum Gasteiger partial charge on any atom is -0.349 e. The maximum absolute atomic E-state index is 13.3. The molecule has 0 fully saturated rings. The summed E-state index contributed by atoms with van der Waals surface area (Å²) in [5.74, 6) is -8.39. The van der Waals surface area contributed by atoms with Crippen LogP contribution in [0.15, 0.2) is 16.6 Å². The molecule has 1 unspecified atom stereocenters. The highest BCUT2D eigenvalue weighted by atomic mass is 79.9. The number of aliphatic hydroxyl groups is 1. The molecule has 1 aliphatic heterocycles. The number of hydrogen-bond donors (Lipinski definition) is 3. The van der Waals surface area contributed by atoms with Gasteiger partial charge in [-0.3, -0.25) is 10.1 Å². The van der Waals surface area contributed by atoms with Gasteiger partial charge in [-0.2, -0.15) is 8.78 Å². The number of hydrogen-bond acceptors (Lipinski definition) is 5. The largest absolute Gasteiger partial charge is 0.373 e. The Kier molecular flexibility index (Phi) is 3.29. The highest BCUT2D eigenvalue weighted by Crippen LogP contribution is 2.47. The number of nitro benzene ring substituents is 1. The van der Waals surface area contributed by atoms with E-state index in [0.29, 0.717) is 0 Å². The topological polar surface area (TPSA) is 87.4 Å². The number of alkyl halides is 4. The van der Waals surface area contributed by atoms with Crippen molar-refractivity contribution in [1.82, 2.24) is 0 Å². The van der Waals surface area contributed by atoms with Crippen LogP contribution in [0.4, 0.5) is 34.6 Å². The molecule has 3 N–H and O–H groups in total. The number of rotatable bonds is 3. The Morgan fingerprint density at radius 3 is 2.50 bits per heavy atom. The van der Waals surface area contributed by atoms with Gasteiger partial charge in [0, 0.05) is 10.5 Å². The molecular formula is C9H6BrF4N3O3. The van der Waals surface area contributed by atoms with Crippen molar-refractivity contribution in [3.8, 4) is 0 Å². The van der Waals surface area contributed by atoms with Gasteiger partial charge in [-0.1, -0.05) is 15.9 Å². The molecule has 1 atom stereocenters. The summed E-state index contributed by atoms with van der Waals surface area (Å²) < 4.78 is 51.5. The van der Waals surface area contributed by atoms with Crippen molar-refractivity contribution in [2.45, 2.75) is 18.2 Å². The first-order chi connectivity index (χ1) is 9.08. The molecule has 0 saturated carbocycles. The maximum Gasteiger partial charge on any atom is 0.373 e. The lowest BCUT2D eigenvalue weighted by Gasteiger charge is -2.31. The van der Waals surface area contributed by atoms with Crippen molar-refractivity contribution in [2.24, 2.45) is 0 Å². The Bertz CT molecular complexity index is 586. The van der Waals surface area contributed by atoms with E-state index in [4.69, 9.17) is 0 Å². The Morgan fingerprint density at radius 1 is 1.40 bits per heavy atom. The van der Waals surface area contributed by atoms with Crippen LogP contribution in [0.5, 0.6) is 0 Å². The average molecular weight is 360 g/mol. The minimum atomic E-state index is -4.87. The van der Waals surface area contributed by atoms with Crippen LogP contribution in [0.25, 0.3) is 0 Å². The van der Waals surface area contributed by atoms with Gasteiger partial charge in [0.25, 0.3) is 11.5 Å². The van der Waals surface area contributed by atoms with Gasteiger partial charge in [-0.15, -0.1) is 0 Å². The first-order valence-electron chi connectivity index (χ1n) is 5.01. The van der Waals surface area contributed by atoms with Crippen LogP contribution >= 0.6 is 15.9 Å². The zero-order valence-electron chi connectivity index (χ0n) is 9.33. The van der Waals surface area contributed by atoms with Gasteiger partial charge in [-0.25, -0.2) is 8.78 Å². The molecule has 0 amide bonds. The summed E-state index contributed by atoms with van der Waals surface area (Å²) in [6.45, 7) is 0. The number of benzene rings is 1. The average Bonchev–Trinajstić information content (AvgIpc) is 2.65. The van der Waals surface area contributed by atoms with Crippen molar-refractivity contribution in [1.29, 1.82) is 0 Å². The molecule has 1 heterocycles. The van der Waals surface area contributed by atoms with Crippen molar-refractivity contribution >= 4 is 33.0 Å². The second kappa shape index (κ2) is 4.45. The lowest BCUT2D eigenvalue weighted by atomic mass is 10.2. The monoisotopic (exact) mass is 359 g/mol. The van der Waals surface area contributed by atoms with Gasteiger partial charge in [0.05, 0.1) is 10.6 Å². The zero-order valence-corrected chi connectivity index (χ0v) is 10.9. The minimum absolute atomic E-state index is 0.155. The van der Waals surface area contributed by atoms with E-state index in [9.17, 15) is 32.8 Å². The maximum atomic E-state index is 13.3. The summed E-state index contributed by atoms with van der Waals surface area (Å²) in [5.41, 5.74) is -1.45. The van der Waals surface area contributed by atoms with E-state index in [1.165, 1.54) is 0 Å². The molecule has 2 rings (SSSR count). The van der Waals surface area contributed by atoms with Crippen molar-refractivity contribution in [2.75, 3.05) is 10.6 Å². The van der Waals surface area contributed by atoms with E-state index in [1.807, 2.05) is 0 Å². The van der Waals surface area contributed by atoms with Crippen LogP contribution in [0, 0.1) is 10.1 Å². The number of anilines is 2. The van der Waals surface area contributed by atoms with Gasteiger partial charge in [-0.05, 0) is 6.07 Å². The van der Waals surface area contributed by atoms with Gasteiger partial charge < -0.3 is 15.7 Å². The smallest absolute Gasteiger partial charge is 0.349 e. The lowest BCUT2D eigenvalue weighted by Crippen LogP contribution is -2.60. The van der Waals surface area contributed by atoms with E-state index >= 15 is 0 Å². The third kappa shape index (κ3) is 2.06. The fourth-order valence-electron chi connectivity index (χ4n) is 1.70. The normalized spacial score (nSPS) is 21.4. The van der Waals surface area contributed by atoms with Crippen LogP contribution in [-0.4, -0.2) is 28.2 Å². The lowest BCUT2D eigenvalue weighted by molar-refractivity contribution is -0.384. The summed E-state index contributed by atoms with van der Waals surface area (Å²) in [4.78, 5) is 9.91. The van der Waals surface area contributed by atoms with Crippen molar-refractivity contribution in [3.05, 3.63) is 26.7 Å². The second-order valence-corrected chi connectivity index (χ2v) is 4.90. The first-order valence-corrected chi connectivity index (χ1v) is 5.80. The number of nitro groups is 1. The molecular weight excluding hydrogens is 354 g/mol. The van der Waals surface area contributed by atoms with Gasteiger partial charge in [0.2, 0.25) is 0 Å². The summed E-state index contributed by atoms with van der Waals surface area (Å²) in [6, 6.07) is 2.12. The molecule has 0 spiro atoms. The van der Waals surface area contributed by atoms with Crippen molar-refractivity contribution in [3.63, 3.8) is 0 Å². The third-order valence-electron chi connectivity index (χ3n) is 2.66. The Balaban J connectivity index is 2.51. The molecule has 0 radical (unpaired) electrons. The molecule has 6 nitrogen and oxygen atoms in total. The molecule has 1 aromatic rings. The van der Waals surface area contributed by atoms with Crippen LogP contribution in [-0.2, 0) is 0 Å². The van der Waals surface area contributed by atoms with Gasteiger partial charge in [0.15, 0.2) is 0 Å². The molecule has 11 heteroatoms. The van der Waals surface area contributed by atoms with Crippen LogP contribution in [0.1, 0.15) is 0 Å². The zero-order chi connectivity index (χ0) is 15.3. The van der Waals surface area contributed by atoms with E-state index in [0.717, 1.165) is 12.1 Å². The van der Waals surface area contributed by atoms with E-state index < -0.39 is 34.5 Å². The predicted octanol–water partition coefficient (Wildman–Crippen LogP) is 2.74. The summed E-state index contributed by atoms with van der Waals surface area (Å²) in [6.07, 6.45) is -4.18. The standard InChI is InChI=1S/C9H6BrF4N3O3/c10-3-1-4-6(5(2-3)17(19)20)16-9(18,15-4)8(13,14)7(11)12/h1-2,7,15-16,18H. The number of fused-ring (bicyclic) bond motifs is 1. The number of nitrogens with zero attached hydrogens (tertiary/aromatic N) is 1. The predicted molar refractivity (Wildman–Crippen MR) is 63.9 cm³/mol. The molecule has 0 saturated heterocycles. The first kappa shape index (κ1) is 14.8. The Morgan fingerprint density at radius 2 is 2.00 bits per heavy atom. The second-order valence-electron chi connectivity index (χ2n) is 3.99. The Hall–Kier alpha value is -1.62. The SMILES string of the molecule is O=[N+]([O-])c1cc(Br)cc2c1NC(O)(C(F)(F)C(F)F)N2. The molecule has 1 aromatic carbocycles. The quantitative estimate of drug-likeness (QED) is 0.438. The number of nitrogens with one attached hydrogen (secondary N) is 2. The fourth-order valence-corrected chi connectivity index (χ4v) is 2.14. The van der Waals surface area contributed by atoms with Crippen LogP contribution in [0.2, 0.25) is 0 Å². The summed E-state index contributed by atoms with van der Waals surface area (Å²) >= 11 is 2.91. The van der Waals surface area contributed by atoms with E-state index in [1.54, 1.807) is 10.6 Å². The molecule has 1 aliphatic rings. The van der Waals surface area contributed by atoms with E-state index in [-0.39, 0.29) is 10.2 Å². The Labute approximate surface area is 117 Å². The summed E-state index contributed by atoms with van der Waals surface area (Å²) in [5, 5.41) is 23.8. The number of halogens is 5. The highest BCUT2D eigenvalue weighted by molar-refractivity contribution is 9.10. The van der Waals surface area contributed by atoms with E-state index in [2.05, 4.69) is 15.9 Å². The molecule has 110 valence electrons. The molecule has 0 bridgehead atoms. The fraction of sp³-hybridized carbons (Fsp3) is 0.333. The van der Waals surface area contributed by atoms with Gasteiger partial charge in [0.1, 0.15) is 5.69 Å². The van der Waals surface area contributed by atoms with Crippen molar-refractivity contribution < 1.29 is 27.6 Å². The highest BCUT2D eigenvalue weighted by Gasteiger charge is 2.63. The molecule has 0 aromatic heterocycles. The van der Waals surface area contributed by atoms with Crippen LogP contribution < -0.4 is 10.6 Å². The molecule has 0 aliphatic carbocycles. The van der Waals surface area contributed by atoms with Crippen LogP contribution in [0.3, 0.4) is 0 Å².